The molecule has 1 fully saturated rings. The standard InChI is InChI=1S/C28H28ClN3O5/c1-18(19-3-8-23(29)9-4-19)27(33)30-24-10-5-20(6-11-24)21-13-15-31(16-14-21)28(34)22-7-12-25(32(35)36)26(17-22)37-2/h3-12,17-18,21H,13-16H2,1-2H3,(H,30,33). The summed E-state index contributed by atoms with van der Waals surface area (Å²) in [6, 6.07) is 19.3. The second kappa shape index (κ2) is 11.4. The summed E-state index contributed by atoms with van der Waals surface area (Å²) in [4.78, 5) is 38.0. The maximum Gasteiger partial charge on any atom is 0.310 e. The molecule has 0 spiro atoms. The molecule has 37 heavy (non-hydrogen) atoms. The lowest BCUT2D eigenvalue weighted by atomic mass is 9.89. The van der Waals surface area contributed by atoms with E-state index in [9.17, 15) is 19.7 Å². The van der Waals surface area contributed by atoms with E-state index in [4.69, 9.17) is 16.3 Å². The minimum atomic E-state index is -0.532. The van der Waals surface area contributed by atoms with E-state index >= 15 is 0 Å². The largest absolute Gasteiger partial charge is 0.490 e. The van der Waals surface area contributed by atoms with Crippen molar-refractivity contribution < 1.29 is 19.2 Å². The maximum atomic E-state index is 13.0. The highest BCUT2D eigenvalue weighted by molar-refractivity contribution is 6.30. The summed E-state index contributed by atoms with van der Waals surface area (Å²) in [5, 5.41) is 14.7. The van der Waals surface area contributed by atoms with E-state index in [1.807, 2.05) is 43.3 Å². The number of carbonyl (C=O) groups excluding carboxylic acids is 2. The summed E-state index contributed by atoms with van der Waals surface area (Å²) in [7, 11) is 1.35. The Kier molecular flexibility index (Phi) is 8.08. The van der Waals surface area contributed by atoms with Crippen LogP contribution in [0, 0.1) is 10.1 Å². The van der Waals surface area contributed by atoms with Gasteiger partial charge in [-0.1, -0.05) is 35.9 Å². The molecular formula is C28H28ClN3O5. The van der Waals surface area contributed by atoms with Crippen molar-refractivity contribution in [3.05, 3.63) is 98.6 Å². The van der Waals surface area contributed by atoms with Crippen molar-refractivity contribution in [3.8, 4) is 5.75 Å². The predicted octanol–water partition coefficient (Wildman–Crippen LogP) is 6.02. The summed E-state index contributed by atoms with van der Waals surface area (Å²) in [6.07, 6.45) is 1.60. The van der Waals surface area contributed by atoms with Gasteiger partial charge in [-0.2, -0.15) is 0 Å². The lowest BCUT2D eigenvalue weighted by Crippen LogP contribution is -2.37. The highest BCUT2D eigenvalue weighted by Crippen LogP contribution is 2.32. The van der Waals surface area contributed by atoms with E-state index in [-0.39, 0.29) is 29.2 Å². The molecular weight excluding hydrogens is 494 g/mol. The SMILES string of the molecule is COc1cc(C(=O)N2CCC(c3ccc(NC(=O)C(C)c4ccc(Cl)cc4)cc3)CC2)ccc1[N+](=O)[O-]. The van der Waals surface area contributed by atoms with Gasteiger partial charge in [-0.05, 0) is 67.1 Å². The number of likely N-dealkylation sites (tertiary alicyclic amines) is 1. The van der Waals surface area contributed by atoms with Crippen molar-refractivity contribution in [2.24, 2.45) is 0 Å². The van der Waals surface area contributed by atoms with Gasteiger partial charge in [0.1, 0.15) is 0 Å². The zero-order valence-corrected chi connectivity index (χ0v) is 21.4. The van der Waals surface area contributed by atoms with Crippen molar-refractivity contribution in [2.75, 3.05) is 25.5 Å². The molecule has 0 bridgehead atoms. The number of methoxy groups -OCH3 is 1. The van der Waals surface area contributed by atoms with Crippen molar-refractivity contribution in [1.29, 1.82) is 0 Å². The number of amides is 2. The molecule has 1 unspecified atom stereocenters. The molecule has 2 amide bonds. The summed E-state index contributed by atoms with van der Waals surface area (Å²) in [6.45, 7) is 3.02. The van der Waals surface area contributed by atoms with Crippen LogP contribution in [-0.2, 0) is 4.79 Å². The molecule has 0 saturated carbocycles. The number of ether oxygens (including phenoxy) is 1. The Labute approximate surface area is 220 Å². The molecule has 1 atom stereocenters. The molecule has 1 N–H and O–H groups in total. The number of halogens is 1. The van der Waals surface area contributed by atoms with Crippen LogP contribution in [0.15, 0.2) is 66.7 Å². The molecule has 8 nitrogen and oxygen atoms in total. The lowest BCUT2D eigenvalue weighted by Gasteiger charge is -2.32. The van der Waals surface area contributed by atoms with E-state index in [0.29, 0.717) is 29.6 Å². The first-order valence-corrected chi connectivity index (χ1v) is 12.4. The summed E-state index contributed by atoms with van der Waals surface area (Å²) < 4.78 is 5.09. The summed E-state index contributed by atoms with van der Waals surface area (Å²) in [5.41, 5.74) is 2.99. The lowest BCUT2D eigenvalue weighted by molar-refractivity contribution is -0.385. The molecule has 0 aromatic heterocycles. The molecule has 0 radical (unpaired) electrons. The molecule has 3 aromatic carbocycles. The Morgan fingerprint density at radius 3 is 2.30 bits per heavy atom. The Hall–Kier alpha value is -3.91. The third-order valence-corrected chi connectivity index (χ3v) is 7.07. The van der Waals surface area contributed by atoms with Crippen molar-refractivity contribution in [2.45, 2.75) is 31.6 Å². The van der Waals surface area contributed by atoms with E-state index in [1.165, 1.54) is 25.3 Å². The Balaban J connectivity index is 1.33. The molecule has 4 rings (SSSR count). The molecule has 192 valence electrons. The highest BCUT2D eigenvalue weighted by Gasteiger charge is 2.26. The number of nitrogens with zero attached hydrogens (tertiary/aromatic N) is 2. The van der Waals surface area contributed by atoms with Gasteiger partial charge in [0.05, 0.1) is 18.0 Å². The average molecular weight is 522 g/mol. The van der Waals surface area contributed by atoms with Crippen LogP contribution in [0.4, 0.5) is 11.4 Å². The van der Waals surface area contributed by atoms with Gasteiger partial charge in [-0.3, -0.25) is 19.7 Å². The van der Waals surface area contributed by atoms with Crippen LogP contribution in [0.2, 0.25) is 5.02 Å². The van der Waals surface area contributed by atoms with Gasteiger partial charge in [0.25, 0.3) is 5.91 Å². The van der Waals surface area contributed by atoms with Crippen LogP contribution in [0.5, 0.6) is 5.75 Å². The first kappa shape index (κ1) is 26.2. The van der Waals surface area contributed by atoms with E-state index in [1.54, 1.807) is 17.0 Å². The summed E-state index contributed by atoms with van der Waals surface area (Å²) >= 11 is 5.94. The van der Waals surface area contributed by atoms with Crippen LogP contribution in [0.1, 0.15) is 53.1 Å². The number of rotatable bonds is 7. The van der Waals surface area contributed by atoms with Crippen LogP contribution in [-0.4, -0.2) is 41.8 Å². The van der Waals surface area contributed by atoms with Gasteiger partial charge in [0.15, 0.2) is 5.75 Å². The van der Waals surface area contributed by atoms with E-state index in [2.05, 4.69) is 5.32 Å². The Morgan fingerprint density at radius 2 is 1.70 bits per heavy atom. The number of carbonyl (C=O) groups is 2. The fourth-order valence-corrected chi connectivity index (χ4v) is 4.68. The van der Waals surface area contributed by atoms with Crippen molar-refractivity contribution >= 4 is 34.8 Å². The third kappa shape index (κ3) is 6.09. The monoisotopic (exact) mass is 521 g/mol. The van der Waals surface area contributed by atoms with E-state index < -0.39 is 4.92 Å². The number of hydrogen-bond acceptors (Lipinski definition) is 5. The molecule has 9 heteroatoms. The van der Waals surface area contributed by atoms with Crippen molar-refractivity contribution in [1.82, 2.24) is 4.90 Å². The number of nitrogens with one attached hydrogen (secondary N) is 1. The molecule has 1 aliphatic heterocycles. The minimum Gasteiger partial charge on any atom is -0.490 e. The first-order chi connectivity index (χ1) is 17.8. The van der Waals surface area contributed by atoms with Crippen LogP contribution in [0.3, 0.4) is 0 Å². The van der Waals surface area contributed by atoms with Gasteiger partial charge in [0, 0.05) is 41.5 Å². The maximum absolute atomic E-state index is 13.0. The predicted molar refractivity (Wildman–Crippen MR) is 142 cm³/mol. The Morgan fingerprint density at radius 1 is 1.05 bits per heavy atom. The molecule has 0 aliphatic carbocycles. The topological polar surface area (TPSA) is 102 Å². The molecule has 1 heterocycles. The van der Waals surface area contributed by atoms with E-state index in [0.717, 1.165) is 29.7 Å². The number of nitro groups is 1. The number of hydrogen-bond donors (Lipinski definition) is 1. The van der Waals surface area contributed by atoms with Crippen LogP contribution >= 0.6 is 11.6 Å². The molecule has 1 aliphatic rings. The minimum absolute atomic E-state index is 0.0699. The first-order valence-electron chi connectivity index (χ1n) is 12.0. The number of anilines is 1. The van der Waals surface area contributed by atoms with Crippen LogP contribution in [0.25, 0.3) is 0 Å². The smallest absolute Gasteiger partial charge is 0.310 e. The third-order valence-electron chi connectivity index (χ3n) is 6.82. The number of piperidine rings is 1. The van der Waals surface area contributed by atoms with Crippen LogP contribution < -0.4 is 10.1 Å². The zero-order chi connectivity index (χ0) is 26.5. The van der Waals surface area contributed by atoms with Gasteiger partial charge in [-0.25, -0.2) is 0 Å². The quantitative estimate of drug-likeness (QED) is 0.302. The number of nitro benzene ring substituents is 1. The average Bonchev–Trinajstić information content (AvgIpc) is 2.92. The second-order valence-corrected chi connectivity index (χ2v) is 9.53. The molecule has 3 aromatic rings. The van der Waals surface area contributed by atoms with Gasteiger partial charge in [0.2, 0.25) is 5.91 Å². The van der Waals surface area contributed by atoms with Gasteiger partial charge < -0.3 is 15.0 Å². The molecule has 1 saturated heterocycles. The summed E-state index contributed by atoms with van der Waals surface area (Å²) in [5.74, 6) is -0.201. The van der Waals surface area contributed by atoms with Gasteiger partial charge >= 0.3 is 5.69 Å². The zero-order valence-electron chi connectivity index (χ0n) is 20.6. The number of benzene rings is 3. The second-order valence-electron chi connectivity index (χ2n) is 9.09. The highest BCUT2D eigenvalue weighted by atomic mass is 35.5. The fraction of sp³-hybridized carbons (Fsp3) is 0.286. The van der Waals surface area contributed by atoms with Gasteiger partial charge in [-0.15, -0.1) is 0 Å². The van der Waals surface area contributed by atoms with Crippen molar-refractivity contribution in [3.63, 3.8) is 0 Å². The normalized spacial score (nSPS) is 14.6. The Bertz CT molecular complexity index is 1290. The fourth-order valence-electron chi connectivity index (χ4n) is 4.55.